The Morgan fingerprint density at radius 3 is 2.65 bits per heavy atom. The van der Waals surface area contributed by atoms with Crippen LogP contribution >= 0.6 is 0 Å². The number of rotatable bonds is 5. The van der Waals surface area contributed by atoms with Crippen molar-refractivity contribution in [2.45, 2.75) is 46.8 Å². The maximum Gasteiger partial charge on any atom is 0.275 e. The molecule has 2 heterocycles. The Morgan fingerprint density at radius 2 is 1.96 bits per heavy atom. The number of nitrogens with zero attached hydrogens (tertiary/aromatic N) is 4. The molecule has 0 radical (unpaired) electrons. The predicted molar refractivity (Wildman–Crippen MR) is 99.9 cm³/mol. The van der Waals surface area contributed by atoms with Gasteiger partial charge >= 0.3 is 0 Å². The molecule has 26 heavy (non-hydrogen) atoms. The fourth-order valence-corrected chi connectivity index (χ4v) is 3.38. The van der Waals surface area contributed by atoms with Gasteiger partial charge < -0.3 is 5.32 Å². The molecule has 1 N–H and O–H groups in total. The molecule has 2 aromatic heterocycles. The van der Waals surface area contributed by atoms with Crippen LogP contribution < -0.4 is 10.9 Å². The van der Waals surface area contributed by atoms with Crippen LogP contribution in [0.5, 0.6) is 0 Å². The Balaban J connectivity index is 1.78. The van der Waals surface area contributed by atoms with Crippen LogP contribution in [-0.2, 0) is 17.9 Å². The molecule has 1 amide bonds. The zero-order valence-electron chi connectivity index (χ0n) is 15.5. The number of aryl methyl sites for hydroxylation is 2. The molecule has 0 saturated carbocycles. The van der Waals surface area contributed by atoms with Gasteiger partial charge in [0, 0.05) is 23.2 Å². The molecule has 0 aliphatic carbocycles. The van der Waals surface area contributed by atoms with Crippen LogP contribution in [-0.4, -0.2) is 25.5 Å². The van der Waals surface area contributed by atoms with E-state index in [4.69, 9.17) is 0 Å². The van der Waals surface area contributed by atoms with Gasteiger partial charge in [-0.1, -0.05) is 18.2 Å². The van der Waals surface area contributed by atoms with E-state index in [9.17, 15) is 9.59 Å². The van der Waals surface area contributed by atoms with Crippen molar-refractivity contribution >= 4 is 16.7 Å². The highest BCUT2D eigenvalue weighted by atomic mass is 16.2. The second-order valence-corrected chi connectivity index (χ2v) is 6.38. The molecule has 0 fully saturated rings. The van der Waals surface area contributed by atoms with Gasteiger partial charge in [-0.25, -0.2) is 4.68 Å². The van der Waals surface area contributed by atoms with Crippen LogP contribution in [0.4, 0.5) is 0 Å². The van der Waals surface area contributed by atoms with E-state index >= 15 is 0 Å². The lowest BCUT2D eigenvalue weighted by Gasteiger charge is -2.15. The van der Waals surface area contributed by atoms with E-state index in [-0.39, 0.29) is 24.1 Å². The number of benzene rings is 1. The standard InChI is InChI=1S/C19H23N5O2/c1-5-23-14(4)18(13(3)22-23)12(2)21-17(25)11-24-19(26)16-9-7-6-8-15(16)10-20-24/h6-10,12H,5,11H2,1-4H3,(H,21,25)/t12-/m0/s1. The summed E-state index contributed by atoms with van der Waals surface area (Å²) in [5.41, 5.74) is 2.69. The summed E-state index contributed by atoms with van der Waals surface area (Å²) >= 11 is 0. The molecular formula is C19H23N5O2. The maximum atomic E-state index is 12.5. The van der Waals surface area contributed by atoms with Crippen LogP contribution in [0.1, 0.15) is 36.8 Å². The molecule has 3 rings (SSSR count). The average Bonchev–Trinajstić information content (AvgIpc) is 2.91. The van der Waals surface area contributed by atoms with E-state index in [1.807, 2.05) is 44.5 Å². The van der Waals surface area contributed by atoms with E-state index in [1.165, 1.54) is 4.68 Å². The molecule has 1 atom stereocenters. The SMILES string of the molecule is CCn1nc(C)c([C@H](C)NC(=O)Cn2ncc3ccccc3c2=O)c1C. The number of nitrogens with one attached hydrogen (secondary N) is 1. The van der Waals surface area contributed by atoms with E-state index in [0.717, 1.165) is 28.9 Å². The second-order valence-electron chi connectivity index (χ2n) is 6.38. The van der Waals surface area contributed by atoms with Gasteiger partial charge in [-0.15, -0.1) is 0 Å². The summed E-state index contributed by atoms with van der Waals surface area (Å²) in [5.74, 6) is -0.259. The van der Waals surface area contributed by atoms with Crippen molar-refractivity contribution in [1.82, 2.24) is 24.9 Å². The van der Waals surface area contributed by atoms with Gasteiger partial charge in [-0.3, -0.25) is 14.3 Å². The van der Waals surface area contributed by atoms with Crippen molar-refractivity contribution in [3.05, 3.63) is 57.8 Å². The number of carbonyl (C=O) groups is 1. The largest absolute Gasteiger partial charge is 0.348 e. The highest BCUT2D eigenvalue weighted by molar-refractivity contribution is 5.81. The average molecular weight is 353 g/mol. The first kappa shape index (κ1) is 17.8. The van der Waals surface area contributed by atoms with E-state index in [2.05, 4.69) is 15.5 Å². The van der Waals surface area contributed by atoms with Crippen molar-refractivity contribution in [1.29, 1.82) is 0 Å². The van der Waals surface area contributed by atoms with E-state index in [0.29, 0.717) is 5.39 Å². The molecule has 0 unspecified atom stereocenters. The Morgan fingerprint density at radius 1 is 1.23 bits per heavy atom. The maximum absolute atomic E-state index is 12.5. The lowest BCUT2D eigenvalue weighted by Crippen LogP contribution is -2.35. The highest BCUT2D eigenvalue weighted by Gasteiger charge is 2.19. The first-order chi connectivity index (χ1) is 12.4. The van der Waals surface area contributed by atoms with Crippen LogP contribution in [0.25, 0.3) is 10.8 Å². The first-order valence-corrected chi connectivity index (χ1v) is 8.70. The van der Waals surface area contributed by atoms with Crippen molar-refractivity contribution in [2.75, 3.05) is 0 Å². The fraction of sp³-hybridized carbons (Fsp3) is 0.368. The summed E-state index contributed by atoms with van der Waals surface area (Å²) in [6.07, 6.45) is 1.60. The van der Waals surface area contributed by atoms with Gasteiger partial charge in [-0.2, -0.15) is 10.2 Å². The monoisotopic (exact) mass is 353 g/mol. The summed E-state index contributed by atoms with van der Waals surface area (Å²) in [6, 6.07) is 7.02. The molecule has 1 aromatic carbocycles. The zero-order chi connectivity index (χ0) is 18.8. The van der Waals surface area contributed by atoms with Crippen LogP contribution in [0.2, 0.25) is 0 Å². The summed E-state index contributed by atoms with van der Waals surface area (Å²) in [4.78, 5) is 24.9. The topological polar surface area (TPSA) is 81.8 Å². The summed E-state index contributed by atoms with van der Waals surface area (Å²) in [6.45, 7) is 8.55. The van der Waals surface area contributed by atoms with Crippen LogP contribution in [0.15, 0.2) is 35.3 Å². The van der Waals surface area contributed by atoms with Gasteiger partial charge in [0.15, 0.2) is 0 Å². The molecule has 0 bridgehead atoms. The third-order valence-corrected chi connectivity index (χ3v) is 4.60. The molecule has 0 saturated heterocycles. The van der Waals surface area contributed by atoms with Crippen LogP contribution in [0, 0.1) is 13.8 Å². The third kappa shape index (κ3) is 3.24. The number of hydrogen-bond acceptors (Lipinski definition) is 4. The smallest absolute Gasteiger partial charge is 0.275 e. The highest BCUT2D eigenvalue weighted by Crippen LogP contribution is 2.21. The summed E-state index contributed by atoms with van der Waals surface area (Å²) in [7, 11) is 0. The zero-order valence-corrected chi connectivity index (χ0v) is 15.5. The molecule has 3 aromatic rings. The lowest BCUT2D eigenvalue weighted by atomic mass is 10.1. The molecule has 136 valence electrons. The van der Waals surface area contributed by atoms with Gasteiger partial charge in [0.25, 0.3) is 5.56 Å². The normalized spacial score (nSPS) is 12.3. The number of carbonyl (C=O) groups excluding carboxylic acids is 1. The van der Waals surface area contributed by atoms with E-state index < -0.39 is 0 Å². The summed E-state index contributed by atoms with van der Waals surface area (Å²) in [5, 5.41) is 12.9. The number of amides is 1. The molecular weight excluding hydrogens is 330 g/mol. The lowest BCUT2D eigenvalue weighted by molar-refractivity contribution is -0.122. The van der Waals surface area contributed by atoms with E-state index in [1.54, 1.807) is 18.3 Å². The van der Waals surface area contributed by atoms with Crippen molar-refractivity contribution in [2.24, 2.45) is 0 Å². The fourth-order valence-electron chi connectivity index (χ4n) is 3.38. The Bertz CT molecular complexity index is 1020. The van der Waals surface area contributed by atoms with Gasteiger partial charge in [0.1, 0.15) is 6.54 Å². The minimum absolute atomic E-state index is 0.117. The van der Waals surface area contributed by atoms with Crippen molar-refractivity contribution in [3.8, 4) is 0 Å². The predicted octanol–water partition coefficient (Wildman–Crippen LogP) is 2.11. The quantitative estimate of drug-likeness (QED) is 0.762. The minimum Gasteiger partial charge on any atom is -0.348 e. The molecule has 0 aliphatic rings. The van der Waals surface area contributed by atoms with Crippen molar-refractivity contribution in [3.63, 3.8) is 0 Å². The first-order valence-electron chi connectivity index (χ1n) is 8.70. The van der Waals surface area contributed by atoms with Gasteiger partial charge in [0.05, 0.1) is 23.3 Å². The Hall–Kier alpha value is -2.96. The van der Waals surface area contributed by atoms with Crippen LogP contribution in [0.3, 0.4) is 0 Å². The van der Waals surface area contributed by atoms with Gasteiger partial charge in [0.2, 0.25) is 5.91 Å². The molecule has 0 spiro atoms. The molecule has 7 heteroatoms. The number of aromatic nitrogens is 4. The summed E-state index contributed by atoms with van der Waals surface area (Å²) < 4.78 is 3.11. The third-order valence-electron chi connectivity index (χ3n) is 4.60. The van der Waals surface area contributed by atoms with Gasteiger partial charge in [-0.05, 0) is 33.8 Å². The Labute approximate surface area is 151 Å². The van der Waals surface area contributed by atoms with Crippen molar-refractivity contribution < 1.29 is 4.79 Å². The number of hydrogen-bond donors (Lipinski definition) is 1. The molecule has 7 nitrogen and oxygen atoms in total. The second kappa shape index (κ2) is 7.11. The minimum atomic E-state index is -0.267. The number of fused-ring (bicyclic) bond motifs is 1. The molecule has 0 aliphatic heterocycles. The Kier molecular flexibility index (Phi) is 4.88.